The molecule has 0 aliphatic carbocycles. The number of fused-ring (bicyclic) bond motifs is 3. The number of hydrogen-bond donors (Lipinski definition) is 3. The smallest absolute Gasteiger partial charge is 0.283 e. The molecular formula is C28H33F4N3O2. The first kappa shape index (κ1) is 26.2. The van der Waals surface area contributed by atoms with E-state index in [9.17, 15) is 23.4 Å². The fourth-order valence-corrected chi connectivity index (χ4v) is 5.91. The Labute approximate surface area is 213 Å². The predicted molar refractivity (Wildman–Crippen MR) is 134 cm³/mol. The van der Waals surface area contributed by atoms with Gasteiger partial charge >= 0.3 is 0 Å². The van der Waals surface area contributed by atoms with Crippen molar-refractivity contribution in [2.75, 3.05) is 39.5 Å². The highest BCUT2D eigenvalue weighted by Crippen LogP contribution is 2.42. The summed E-state index contributed by atoms with van der Waals surface area (Å²) in [5.41, 5.74) is 3.31. The summed E-state index contributed by atoms with van der Waals surface area (Å²) in [4.78, 5) is 7.03. The second kappa shape index (κ2) is 10.4. The molecule has 0 radical (unpaired) electrons. The molecule has 9 heteroatoms. The second-order valence-electron chi connectivity index (χ2n) is 10.5. The third-order valence-electron chi connectivity index (χ3n) is 7.86. The van der Waals surface area contributed by atoms with E-state index in [0.717, 1.165) is 22.2 Å². The lowest BCUT2D eigenvalue weighted by Gasteiger charge is -2.43. The molecule has 2 aliphatic heterocycles. The largest absolute Gasteiger partial charge is 0.390 e. The van der Waals surface area contributed by atoms with Gasteiger partial charge in [0.05, 0.1) is 25.4 Å². The zero-order valence-electron chi connectivity index (χ0n) is 20.8. The Kier molecular flexibility index (Phi) is 7.33. The van der Waals surface area contributed by atoms with Gasteiger partial charge in [0.25, 0.3) is 5.92 Å². The summed E-state index contributed by atoms with van der Waals surface area (Å²) in [5.74, 6) is -4.05. The quantitative estimate of drug-likeness (QED) is 0.362. The molecule has 2 aliphatic rings. The summed E-state index contributed by atoms with van der Waals surface area (Å²) < 4.78 is 56.7. The van der Waals surface area contributed by atoms with Crippen molar-refractivity contribution in [3.05, 3.63) is 70.7 Å². The summed E-state index contributed by atoms with van der Waals surface area (Å²) in [6.07, 6.45) is -0.0239. The summed E-state index contributed by atoms with van der Waals surface area (Å²) in [6, 6.07) is 11.4. The number of H-pyrrole nitrogens is 1. The highest BCUT2D eigenvalue weighted by Gasteiger charge is 2.42. The van der Waals surface area contributed by atoms with Gasteiger partial charge in [-0.2, -0.15) is 0 Å². The van der Waals surface area contributed by atoms with Gasteiger partial charge in [0.2, 0.25) is 0 Å². The van der Waals surface area contributed by atoms with Crippen molar-refractivity contribution in [1.82, 2.24) is 14.8 Å². The van der Waals surface area contributed by atoms with Crippen LogP contribution in [-0.2, 0) is 6.42 Å². The van der Waals surface area contributed by atoms with Gasteiger partial charge in [0.1, 0.15) is 12.4 Å². The summed E-state index contributed by atoms with van der Waals surface area (Å²) in [5, 5.41) is 21.1. The summed E-state index contributed by atoms with van der Waals surface area (Å²) in [7, 11) is 0. The van der Waals surface area contributed by atoms with Gasteiger partial charge in [-0.1, -0.05) is 30.3 Å². The van der Waals surface area contributed by atoms with Crippen LogP contribution in [0.2, 0.25) is 0 Å². The molecule has 37 heavy (non-hydrogen) atoms. The van der Waals surface area contributed by atoms with Crippen LogP contribution in [-0.4, -0.2) is 76.4 Å². The average Bonchev–Trinajstić information content (AvgIpc) is 3.21. The number of rotatable bonds is 9. The molecule has 1 aromatic heterocycles. The van der Waals surface area contributed by atoms with Crippen LogP contribution >= 0.6 is 0 Å². The van der Waals surface area contributed by atoms with Gasteiger partial charge in [0, 0.05) is 53.8 Å². The van der Waals surface area contributed by atoms with E-state index < -0.39 is 37.0 Å². The normalized spacial score (nSPS) is 22.2. The molecule has 3 heterocycles. The molecule has 0 bridgehead atoms. The minimum absolute atomic E-state index is 0.144. The van der Waals surface area contributed by atoms with E-state index in [1.54, 1.807) is 17.0 Å². The van der Waals surface area contributed by atoms with Crippen molar-refractivity contribution < 1.29 is 27.8 Å². The lowest BCUT2D eigenvalue weighted by atomic mass is 9.85. The van der Waals surface area contributed by atoms with Gasteiger partial charge in [0.15, 0.2) is 0 Å². The lowest BCUT2D eigenvalue weighted by Crippen LogP contribution is -2.49. The minimum Gasteiger partial charge on any atom is -0.390 e. The van der Waals surface area contributed by atoms with E-state index in [1.165, 1.54) is 6.07 Å². The molecule has 0 saturated carbocycles. The number of nitrogens with one attached hydrogen (secondary N) is 1. The van der Waals surface area contributed by atoms with Crippen molar-refractivity contribution in [3.63, 3.8) is 0 Å². The molecule has 5 rings (SSSR count). The van der Waals surface area contributed by atoms with Crippen molar-refractivity contribution in [2.45, 2.75) is 43.9 Å². The molecule has 0 amide bonds. The van der Waals surface area contributed by atoms with E-state index in [2.05, 4.69) is 4.98 Å². The van der Waals surface area contributed by atoms with E-state index in [-0.39, 0.29) is 24.2 Å². The van der Waals surface area contributed by atoms with Crippen LogP contribution < -0.4 is 0 Å². The number of halogens is 4. The maximum absolute atomic E-state index is 15.4. The first-order valence-electron chi connectivity index (χ1n) is 12.8. The number of para-hydroxylation sites is 1. The Morgan fingerprint density at radius 3 is 2.62 bits per heavy atom. The van der Waals surface area contributed by atoms with Crippen LogP contribution in [0.3, 0.4) is 0 Å². The number of aromatic amines is 1. The number of hydrogen-bond acceptors (Lipinski definition) is 4. The summed E-state index contributed by atoms with van der Waals surface area (Å²) in [6.45, 7) is 1.29. The molecular weight excluding hydrogens is 486 g/mol. The molecule has 1 saturated heterocycles. The molecule has 0 spiro atoms. The molecule has 200 valence electrons. The Morgan fingerprint density at radius 2 is 1.92 bits per heavy atom. The molecule has 3 N–H and O–H groups in total. The number of benzene rings is 2. The number of aromatic nitrogens is 1. The fraction of sp³-hybridized carbons (Fsp3) is 0.500. The first-order chi connectivity index (χ1) is 17.7. The average molecular weight is 520 g/mol. The lowest BCUT2D eigenvalue weighted by molar-refractivity contribution is -0.0864. The molecule has 1 fully saturated rings. The standard InChI is InChI=1S/C28H33F4N3O2/c1-17-11-22-20-5-2-3-6-24(20)33-25(22)26(35(17)15-28(31,32)16-36)18-7-8-21(23(30)12-18)27(37)19-13-34(14-19)10-4-9-29/h2-3,5-8,12,17,19,26-27,33,36-37H,4,9-11,13-16H2,1H3/t17-,26-,27-/m1/s1. The van der Waals surface area contributed by atoms with Crippen LogP contribution in [0.15, 0.2) is 42.5 Å². The molecule has 5 nitrogen and oxygen atoms in total. The molecule has 0 unspecified atom stereocenters. The highest BCUT2D eigenvalue weighted by molar-refractivity contribution is 5.85. The van der Waals surface area contributed by atoms with Crippen LogP contribution in [0, 0.1) is 11.7 Å². The van der Waals surface area contributed by atoms with E-state index in [0.29, 0.717) is 38.0 Å². The van der Waals surface area contributed by atoms with Crippen molar-refractivity contribution in [1.29, 1.82) is 0 Å². The van der Waals surface area contributed by atoms with E-state index in [1.807, 2.05) is 36.1 Å². The Morgan fingerprint density at radius 1 is 1.16 bits per heavy atom. The zero-order chi connectivity index (χ0) is 26.3. The van der Waals surface area contributed by atoms with Crippen molar-refractivity contribution in [2.24, 2.45) is 5.92 Å². The predicted octanol–water partition coefficient (Wildman–Crippen LogP) is 4.60. The Balaban J connectivity index is 1.48. The first-order valence-corrected chi connectivity index (χ1v) is 12.8. The fourth-order valence-electron chi connectivity index (χ4n) is 5.91. The van der Waals surface area contributed by atoms with Crippen molar-refractivity contribution in [3.8, 4) is 0 Å². The monoisotopic (exact) mass is 519 g/mol. The number of aliphatic hydroxyl groups is 2. The van der Waals surface area contributed by atoms with Gasteiger partial charge < -0.3 is 20.1 Å². The number of nitrogens with zero attached hydrogens (tertiary/aromatic N) is 2. The Bertz CT molecular complexity index is 1240. The van der Waals surface area contributed by atoms with E-state index in [4.69, 9.17) is 0 Å². The van der Waals surface area contributed by atoms with Crippen molar-refractivity contribution >= 4 is 10.9 Å². The second-order valence-corrected chi connectivity index (χ2v) is 10.5. The van der Waals surface area contributed by atoms with Gasteiger partial charge in [-0.15, -0.1) is 0 Å². The molecule has 3 atom stereocenters. The van der Waals surface area contributed by atoms with Gasteiger partial charge in [-0.3, -0.25) is 9.29 Å². The topological polar surface area (TPSA) is 62.7 Å². The van der Waals surface area contributed by atoms with E-state index >= 15 is 4.39 Å². The SMILES string of the molecule is C[C@@H]1Cc2c([nH]c3ccccc23)[C@@H](c2ccc([C@H](O)C3CN(CCCF)C3)c(F)c2)N1CC(F)(F)CO. The summed E-state index contributed by atoms with van der Waals surface area (Å²) >= 11 is 0. The van der Waals surface area contributed by atoms with Crippen LogP contribution in [0.5, 0.6) is 0 Å². The third-order valence-corrected chi connectivity index (χ3v) is 7.86. The van der Waals surface area contributed by atoms with Crippen LogP contribution in [0.4, 0.5) is 17.6 Å². The Hall–Kier alpha value is -2.46. The number of likely N-dealkylation sites (tertiary alicyclic amines) is 1. The number of alkyl halides is 3. The molecule has 3 aromatic rings. The number of aliphatic hydroxyl groups excluding tert-OH is 2. The van der Waals surface area contributed by atoms with Crippen LogP contribution in [0.25, 0.3) is 10.9 Å². The highest BCUT2D eigenvalue weighted by atomic mass is 19.3. The van der Waals surface area contributed by atoms with Crippen LogP contribution in [0.1, 0.15) is 47.9 Å². The zero-order valence-corrected chi connectivity index (χ0v) is 20.8. The molecule has 2 aromatic carbocycles. The third kappa shape index (κ3) is 5.02. The maximum atomic E-state index is 15.4. The van der Waals surface area contributed by atoms with Gasteiger partial charge in [-0.05, 0) is 43.0 Å². The maximum Gasteiger partial charge on any atom is 0.283 e. The van der Waals surface area contributed by atoms with Gasteiger partial charge in [-0.25, -0.2) is 13.2 Å². The minimum atomic E-state index is -3.32.